The van der Waals surface area contributed by atoms with Crippen LogP contribution in [-0.4, -0.2) is 17.6 Å². The first-order chi connectivity index (χ1) is 9.70. The van der Waals surface area contributed by atoms with Gasteiger partial charge in [0, 0.05) is 12.0 Å². The summed E-state index contributed by atoms with van der Waals surface area (Å²) in [6, 6.07) is 5.51. The van der Waals surface area contributed by atoms with Crippen LogP contribution in [0.4, 0.5) is 0 Å². The molecule has 0 spiro atoms. The second-order valence-corrected chi connectivity index (χ2v) is 5.05. The summed E-state index contributed by atoms with van der Waals surface area (Å²) in [7, 11) is 0. The van der Waals surface area contributed by atoms with Gasteiger partial charge in [-0.15, -0.1) is 11.3 Å². The van der Waals surface area contributed by atoms with Gasteiger partial charge in [0.2, 0.25) is 0 Å². The van der Waals surface area contributed by atoms with Gasteiger partial charge in [-0.3, -0.25) is 4.79 Å². The summed E-state index contributed by atoms with van der Waals surface area (Å²) in [5.74, 6) is 7.09. The normalized spacial score (nSPS) is 9.90. The SMILES string of the molecule is Cc1ccc(CNC(=O)c2sccc2C#CCCO)o1. The average Bonchev–Trinajstić information content (AvgIpc) is 3.05. The van der Waals surface area contributed by atoms with Crippen molar-refractivity contribution in [2.45, 2.75) is 19.9 Å². The molecule has 0 saturated carbocycles. The van der Waals surface area contributed by atoms with E-state index in [2.05, 4.69) is 17.2 Å². The van der Waals surface area contributed by atoms with Gasteiger partial charge in [0.25, 0.3) is 5.91 Å². The molecule has 0 aliphatic carbocycles. The second-order valence-electron chi connectivity index (χ2n) is 4.13. The molecular formula is C15H15NO3S. The van der Waals surface area contributed by atoms with Crippen molar-refractivity contribution < 1.29 is 14.3 Å². The van der Waals surface area contributed by atoms with Crippen molar-refractivity contribution in [3.63, 3.8) is 0 Å². The highest BCUT2D eigenvalue weighted by atomic mass is 32.1. The lowest BCUT2D eigenvalue weighted by molar-refractivity contribution is 0.0951. The lowest BCUT2D eigenvalue weighted by Crippen LogP contribution is -2.22. The van der Waals surface area contributed by atoms with Crippen LogP contribution in [-0.2, 0) is 6.54 Å². The van der Waals surface area contributed by atoms with E-state index in [1.54, 1.807) is 6.07 Å². The molecular weight excluding hydrogens is 274 g/mol. The molecule has 0 unspecified atom stereocenters. The van der Waals surface area contributed by atoms with Crippen molar-refractivity contribution in [3.05, 3.63) is 45.5 Å². The average molecular weight is 289 g/mol. The Hall–Kier alpha value is -2.03. The van der Waals surface area contributed by atoms with Crippen LogP contribution >= 0.6 is 11.3 Å². The lowest BCUT2D eigenvalue weighted by Gasteiger charge is -2.01. The fourth-order valence-corrected chi connectivity index (χ4v) is 2.39. The van der Waals surface area contributed by atoms with Gasteiger partial charge in [0.1, 0.15) is 16.4 Å². The first-order valence-electron chi connectivity index (χ1n) is 6.21. The molecule has 0 aliphatic heterocycles. The van der Waals surface area contributed by atoms with Crippen molar-refractivity contribution >= 4 is 17.2 Å². The fraction of sp³-hybridized carbons (Fsp3) is 0.267. The minimum Gasteiger partial charge on any atom is -0.465 e. The zero-order valence-corrected chi connectivity index (χ0v) is 11.9. The monoisotopic (exact) mass is 289 g/mol. The van der Waals surface area contributed by atoms with Crippen molar-refractivity contribution in [1.82, 2.24) is 5.32 Å². The van der Waals surface area contributed by atoms with E-state index in [1.807, 2.05) is 24.4 Å². The summed E-state index contributed by atoms with van der Waals surface area (Å²) in [4.78, 5) is 12.7. The molecule has 20 heavy (non-hydrogen) atoms. The molecule has 0 bridgehead atoms. The third kappa shape index (κ3) is 3.73. The number of carbonyl (C=O) groups is 1. The number of thiophene rings is 1. The van der Waals surface area contributed by atoms with E-state index in [0.29, 0.717) is 23.4 Å². The Bertz CT molecular complexity index is 645. The van der Waals surface area contributed by atoms with Crippen LogP contribution in [0.5, 0.6) is 0 Å². The molecule has 1 amide bonds. The van der Waals surface area contributed by atoms with Gasteiger partial charge in [0.15, 0.2) is 0 Å². The summed E-state index contributed by atoms with van der Waals surface area (Å²) >= 11 is 1.35. The standard InChI is InChI=1S/C15H15NO3S/c1-11-5-6-13(19-11)10-16-15(18)14-12(7-9-20-14)4-2-3-8-17/h5-7,9,17H,3,8,10H2,1H3,(H,16,18). The van der Waals surface area contributed by atoms with Crippen LogP contribution in [0, 0.1) is 18.8 Å². The van der Waals surface area contributed by atoms with Gasteiger partial charge in [-0.05, 0) is 30.5 Å². The summed E-state index contributed by atoms with van der Waals surface area (Å²) in [5, 5.41) is 13.3. The molecule has 0 aliphatic rings. The predicted octanol–water partition coefficient (Wildman–Crippen LogP) is 2.31. The molecule has 2 aromatic rings. The van der Waals surface area contributed by atoms with E-state index < -0.39 is 0 Å². The van der Waals surface area contributed by atoms with Gasteiger partial charge < -0.3 is 14.8 Å². The van der Waals surface area contributed by atoms with Crippen LogP contribution in [0.2, 0.25) is 0 Å². The molecule has 2 N–H and O–H groups in total. The number of amides is 1. The van der Waals surface area contributed by atoms with E-state index in [-0.39, 0.29) is 12.5 Å². The molecule has 4 nitrogen and oxygen atoms in total. The van der Waals surface area contributed by atoms with Gasteiger partial charge in [0.05, 0.1) is 13.2 Å². The minimum absolute atomic E-state index is 0.0243. The van der Waals surface area contributed by atoms with Crippen LogP contribution in [0.15, 0.2) is 28.0 Å². The van der Waals surface area contributed by atoms with Crippen molar-refractivity contribution in [2.75, 3.05) is 6.61 Å². The van der Waals surface area contributed by atoms with Crippen LogP contribution in [0.25, 0.3) is 0 Å². The Morgan fingerprint density at radius 2 is 2.30 bits per heavy atom. The number of hydrogen-bond donors (Lipinski definition) is 2. The Morgan fingerprint density at radius 1 is 1.45 bits per heavy atom. The smallest absolute Gasteiger partial charge is 0.263 e. The topological polar surface area (TPSA) is 62.5 Å². The summed E-state index contributed by atoms with van der Waals surface area (Å²) in [5.41, 5.74) is 0.691. The molecule has 0 aromatic carbocycles. The quantitative estimate of drug-likeness (QED) is 0.849. The highest BCUT2D eigenvalue weighted by Crippen LogP contribution is 2.16. The van der Waals surface area contributed by atoms with Crippen LogP contribution in [0.3, 0.4) is 0 Å². The van der Waals surface area contributed by atoms with Crippen LogP contribution in [0.1, 0.15) is 33.2 Å². The predicted molar refractivity (Wildman–Crippen MR) is 77.5 cm³/mol. The number of hydrogen-bond acceptors (Lipinski definition) is 4. The highest BCUT2D eigenvalue weighted by Gasteiger charge is 2.12. The maximum atomic E-state index is 12.1. The first kappa shape index (κ1) is 14.4. The van der Waals surface area contributed by atoms with Crippen molar-refractivity contribution in [2.24, 2.45) is 0 Å². The van der Waals surface area contributed by atoms with Gasteiger partial charge >= 0.3 is 0 Å². The van der Waals surface area contributed by atoms with Crippen molar-refractivity contribution in [1.29, 1.82) is 0 Å². The Labute approximate surface area is 121 Å². The summed E-state index contributed by atoms with van der Waals surface area (Å²) in [6.45, 7) is 2.24. The maximum Gasteiger partial charge on any atom is 0.263 e. The van der Waals surface area contributed by atoms with Gasteiger partial charge in [-0.1, -0.05) is 11.8 Å². The minimum atomic E-state index is -0.164. The molecule has 104 valence electrons. The number of rotatable bonds is 4. The molecule has 2 aromatic heterocycles. The third-order valence-corrected chi connectivity index (χ3v) is 3.46. The molecule has 2 heterocycles. The number of nitrogens with one attached hydrogen (secondary N) is 1. The highest BCUT2D eigenvalue weighted by molar-refractivity contribution is 7.12. The van der Waals surface area contributed by atoms with Gasteiger partial charge in [-0.25, -0.2) is 0 Å². The summed E-state index contributed by atoms with van der Waals surface area (Å²) < 4.78 is 5.39. The molecule has 0 radical (unpaired) electrons. The molecule has 0 atom stereocenters. The zero-order valence-electron chi connectivity index (χ0n) is 11.1. The second kappa shape index (κ2) is 6.94. The molecule has 0 fully saturated rings. The number of furan rings is 1. The number of aliphatic hydroxyl groups is 1. The Kier molecular flexibility index (Phi) is 4.99. The summed E-state index contributed by atoms with van der Waals surface area (Å²) in [6.07, 6.45) is 0.405. The number of aryl methyl sites for hydroxylation is 1. The van der Waals surface area contributed by atoms with Crippen molar-refractivity contribution in [3.8, 4) is 11.8 Å². The van der Waals surface area contributed by atoms with E-state index in [1.165, 1.54) is 11.3 Å². The molecule has 5 heteroatoms. The lowest BCUT2D eigenvalue weighted by atomic mass is 10.2. The Balaban J connectivity index is 1.99. The van der Waals surface area contributed by atoms with Gasteiger partial charge in [-0.2, -0.15) is 0 Å². The molecule has 0 saturated heterocycles. The number of aliphatic hydroxyl groups excluding tert-OH is 1. The molecule has 2 rings (SSSR count). The maximum absolute atomic E-state index is 12.1. The number of carbonyl (C=O) groups excluding carboxylic acids is 1. The van der Waals surface area contributed by atoms with Crippen LogP contribution < -0.4 is 5.32 Å². The van der Waals surface area contributed by atoms with E-state index in [9.17, 15) is 4.79 Å². The van der Waals surface area contributed by atoms with E-state index in [0.717, 1.165) is 11.5 Å². The third-order valence-electron chi connectivity index (χ3n) is 2.55. The fourth-order valence-electron chi connectivity index (χ4n) is 1.62. The largest absolute Gasteiger partial charge is 0.465 e. The van der Waals surface area contributed by atoms with E-state index >= 15 is 0 Å². The van der Waals surface area contributed by atoms with E-state index in [4.69, 9.17) is 9.52 Å². The first-order valence-corrected chi connectivity index (χ1v) is 7.09. The Morgan fingerprint density at radius 3 is 3.00 bits per heavy atom. The zero-order chi connectivity index (χ0) is 14.4.